The number of rotatable bonds is 8. The molecule has 0 fully saturated rings. The summed E-state index contributed by atoms with van der Waals surface area (Å²) in [5.74, 6) is 2.29. The minimum atomic E-state index is 0.0174. The molecule has 0 aliphatic carbocycles. The van der Waals surface area contributed by atoms with Crippen molar-refractivity contribution in [2.45, 2.75) is 12.6 Å². The summed E-state index contributed by atoms with van der Waals surface area (Å²) in [5.41, 5.74) is 3.14. The molecule has 4 aromatic rings. The van der Waals surface area contributed by atoms with Crippen molar-refractivity contribution in [2.75, 3.05) is 14.2 Å². The highest BCUT2D eigenvalue weighted by Gasteiger charge is 2.16. The maximum absolute atomic E-state index is 5.48. The number of nitrogens with one attached hydrogen (secondary N) is 1. The standard InChI is InChI=1S/C24H23N3O3/c1-28-20-14-13-19(15-21(20)29-2)24-26-22(30-27-24)16-25-23(17-9-5-3-6-10-17)18-11-7-4-8-12-18/h3-15,23,25H,16H2,1-2H3. The van der Waals surface area contributed by atoms with Crippen LogP contribution in [0, 0.1) is 0 Å². The summed E-state index contributed by atoms with van der Waals surface area (Å²) in [6, 6.07) is 26.1. The maximum Gasteiger partial charge on any atom is 0.240 e. The van der Waals surface area contributed by atoms with Crippen LogP contribution in [-0.4, -0.2) is 24.4 Å². The van der Waals surface area contributed by atoms with Gasteiger partial charge in [0, 0.05) is 5.56 Å². The summed E-state index contributed by atoms with van der Waals surface area (Å²) in [7, 11) is 3.20. The van der Waals surface area contributed by atoms with Crippen molar-refractivity contribution in [2.24, 2.45) is 0 Å². The highest BCUT2D eigenvalue weighted by Crippen LogP contribution is 2.31. The van der Waals surface area contributed by atoms with Gasteiger partial charge in [0.25, 0.3) is 0 Å². The van der Waals surface area contributed by atoms with Crippen LogP contribution in [0.15, 0.2) is 83.4 Å². The van der Waals surface area contributed by atoms with Crippen molar-refractivity contribution >= 4 is 0 Å². The van der Waals surface area contributed by atoms with E-state index >= 15 is 0 Å². The molecule has 0 unspecified atom stereocenters. The van der Waals surface area contributed by atoms with E-state index in [9.17, 15) is 0 Å². The number of ether oxygens (including phenoxy) is 2. The fourth-order valence-electron chi connectivity index (χ4n) is 3.33. The summed E-state index contributed by atoms with van der Waals surface area (Å²) in [4.78, 5) is 4.53. The van der Waals surface area contributed by atoms with Gasteiger partial charge < -0.3 is 14.0 Å². The average Bonchev–Trinajstić information content (AvgIpc) is 3.29. The minimum Gasteiger partial charge on any atom is -0.493 e. The lowest BCUT2D eigenvalue weighted by Gasteiger charge is -2.18. The summed E-state index contributed by atoms with van der Waals surface area (Å²) < 4.78 is 16.1. The quantitative estimate of drug-likeness (QED) is 0.464. The molecule has 4 rings (SSSR count). The minimum absolute atomic E-state index is 0.0174. The molecule has 0 bridgehead atoms. The third-order valence-corrected chi connectivity index (χ3v) is 4.83. The molecule has 0 radical (unpaired) electrons. The maximum atomic E-state index is 5.48. The number of methoxy groups -OCH3 is 2. The number of hydrogen-bond acceptors (Lipinski definition) is 6. The smallest absolute Gasteiger partial charge is 0.240 e. The van der Waals surface area contributed by atoms with Crippen LogP contribution in [0.3, 0.4) is 0 Å². The van der Waals surface area contributed by atoms with Gasteiger partial charge in [-0.05, 0) is 29.3 Å². The average molecular weight is 401 g/mol. The van der Waals surface area contributed by atoms with Crippen LogP contribution >= 0.6 is 0 Å². The van der Waals surface area contributed by atoms with Gasteiger partial charge in [-0.2, -0.15) is 4.98 Å². The van der Waals surface area contributed by atoms with E-state index in [4.69, 9.17) is 14.0 Å². The SMILES string of the molecule is COc1ccc(-c2noc(CNC(c3ccccc3)c3ccccc3)n2)cc1OC. The van der Waals surface area contributed by atoms with Crippen molar-refractivity contribution in [1.29, 1.82) is 0 Å². The molecule has 0 saturated carbocycles. The van der Waals surface area contributed by atoms with Crippen LogP contribution < -0.4 is 14.8 Å². The van der Waals surface area contributed by atoms with Crippen LogP contribution in [0.2, 0.25) is 0 Å². The fraction of sp³-hybridized carbons (Fsp3) is 0.167. The highest BCUT2D eigenvalue weighted by molar-refractivity contribution is 5.60. The first-order valence-electron chi connectivity index (χ1n) is 9.66. The molecule has 3 aromatic carbocycles. The number of nitrogens with zero attached hydrogens (tertiary/aromatic N) is 2. The molecule has 152 valence electrons. The molecular weight excluding hydrogens is 378 g/mol. The number of aromatic nitrogens is 2. The van der Waals surface area contributed by atoms with Gasteiger partial charge in [-0.1, -0.05) is 65.8 Å². The van der Waals surface area contributed by atoms with Crippen molar-refractivity contribution in [1.82, 2.24) is 15.5 Å². The van der Waals surface area contributed by atoms with Gasteiger partial charge in [-0.15, -0.1) is 0 Å². The second-order valence-electron chi connectivity index (χ2n) is 6.72. The molecule has 0 saturated heterocycles. The van der Waals surface area contributed by atoms with Crippen molar-refractivity contribution < 1.29 is 14.0 Å². The fourth-order valence-corrected chi connectivity index (χ4v) is 3.33. The molecule has 0 aliphatic heterocycles. The van der Waals surface area contributed by atoms with Gasteiger partial charge in [0.05, 0.1) is 26.8 Å². The first-order chi connectivity index (χ1) is 14.8. The Morgan fingerprint density at radius 2 is 1.47 bits per heavy atom. The largest absolute Gasteiger partial charge is 0.493 e. The molecule has 6 heteroatoms. The summed E-state index contributed by atoms with van der Waals surface area (Å²) in [5, 5.41) is 7.65. The summed E-state index contributed by atoms with van der Waals surface area (Å²) >= 11 is 0. The lowest BCUT2D eigenvalue weighted by atomic mass is 9.99. The van der Waals surface area contributed by atoms with E-state index in [1.165, 1.54) is 11.1 Å². The molecule has 0 atom stereocenters. The third kappa shape index (κ3) is 4.34. The molecule has 0 spiro atoms. The lowest BCUT2D eigenvalue weighted by molar-refractivity contribution is 0.355. The third-order valence-electron chi connectivity index (χ3n) is 4.83. The summed E-state index contributed by atoms with van der Waals surface area (Å²) in [6.07, 6.45) is 0. The highest BCUT2D eigenvalue weighted by atomic mass is 16.5. The molecule has 0 amide bonds. The van der Waals surface area contributed by atoms with Crippen molar-refractivity contribution in [3.05, 3.63) is 95.9 Å². The predicted octanol–water partition coefficient (Wildman–Crippen LogP) is 4.63. The van der Waals surface area contributed by atoms with Crippen molar-refractivity contribution in [3.8, 4) is 22.9 Å². The first-order valence-corrected chi connectivity index (χ1v) is 9.66. The predicted molar refractivity (Wildman–Crippen MR) is 114 cm³/mol. The molecule has 0 aliphatic rings. The number of benzene rings is 3. The van der Waals surface area contributed by atoms with Crippen LogP contribution in [-0.2, 0) is 6.54 Å². The van der Waals surface area contributed by atoms with Crippen molar-refractivity contribution in [3.63, 3.8) is 0 Å². The van der Waals surface area contributed by atoms with E-state index < -0.39 is 0 Å². The molecule has 30 heavy (non-hydrogen) atoms. The Labute approximate surface area is 175 Å². The van der Waals surface area contributed by atoms with Crippen LogP contribution in [0.5, 0.6) is 11.5 Å². The van der Waals surface area contributed by atoms with Gasteiger partial charge in [0.1, 0.15) is 0 Å². The van der Waals surface area contributed by atoms with E-state index in [-0.39, 0.29) is 6.04 Å². The van der Waals surface area contributed by atoms with E-state index in [2.05, 4.69) is 39.7 Å². The van der Waals surface area contributed by atoms with Crippen LogP contribution in [0.25, 0.3) is 11.4 Å². The zero-order valence-electron chi connectivity index (χ0n) is 16.9. The Kier molecular flexibility index (Phi) is 6.06. The first kappa shape index (κ1) is 19.7. The van der Waals surface area contributed by atoms with Gasteiger partial charge in [0.2, 0.25) is 11.7 Å². The van der Waals surface area contributed by atoms with E-state index in [0.29, 0.717) is 29.8 Å². The van der Waals surface area contributed by atoms with E-state index in [0.717, 1.165) is 5.56 Å². The van der Waals surface area contributed by atoms with Crippen LogP contribution in [0.4, 0.5) is 0 Å². The Morgan fingerprint density at radius 1 is 0.833 bits per heavy atom. The molecule has 6 nitrogen and oxygen atoms in total. The lowest BCUT2D eigenvalue weighted by Crippen LogP contribution is -2.22. The summed E-state index contributed by atoms with van der Waals surface area (Å²) in [6.45, 7) is 0.439. The molecule has 1 aromatic heterocycles. The molecule has 1 N–H and O–H groups in total. The van der Waals surface area contributed by atoms with Gasteiger partial charge in [-0.3, -0.25) is 5.32 Å². The zero-order chi connectivity index (χ0) is 20.8. The van der Waals surface area contributed by atoms with Gasteiger partial charge in [0.15, 0.2) is 11.5 Å². The van der Waals surface area contributed by atoms with Gasteiger partial charge >= 0.3 is 0 Å². The number of hydrogen-bond donors (Lipinski definition) is 1. The normalized spacial score (nSPS) is 10.9. The monoisotopic (exact) mass is 401 g/mol. The molecule has 1 heterocycles. The Hall–Kier alpha value is -3.64. The Bertz CT molecular complexity index is 1040. The second kappa shape index (κ2) is 9.24. The molecular formula is C24H23N3O3. The Balaban J connectivity index is 1.53. The topological polar surface area (TPSA) is 69.4 Å². The Morgan fingerprint density at radius 3 is 2.07 bits per heavy atom. The van der Waals surface area contributed by atoms with E-state index in [1.807, 2.05) is 54.6 Å². The van der Waals surface area contributed by atoms with E-state index in [1.54, 1.807) is 14.2 Å². The van der Waals surface area contributed by atoms with Gasteiger partial charge in [-0.25, -0.2) is 0 Å². The second-order valence-corrected chi connectivity index (χ2v) is 6.72. The zero-order valence-corrected chi connectivity index (χ0v) is 16.9. The van der Waals surface area contributed by atoms with Crippen LogP contribution in [0.1, 0.15) is 23.1 Å².